The number of benzene rings is 1. The molecule has 2 aliphatic rings. The predicted octanol–water partition coefficient (Wildman–Crippen LogP) is 3.74. The molecule has 9 nitrogen and oxygen atoms in total. The van der Waals surface area contributed by atoms with Crippen LogP contribution in [0.15, 0.2) is 42.7 Å². The lowest BCUT2D eigenvalue weighted by Gasteiger charge is -2.40. The number of anilines is 1. The normalized spacial score (nSPS) is 25.1. The number of nitrogens with one attached hydrogen (secondary N) is 1. The van der Waals surface area contributed by atoms with Crippen LogP contribution in [-0.4, -0.2) is 65.7 Å². The summed E-state index contributed by atoms with van der Waals surface area (Å²) >= 11 is 0. The number of rotatable bonds is 7. The van der Waals surface area contributed by atoms with Crippen molar-refractivity contribution in [2.45, 2.75) is 55.7 Å². The molecule has 3 aromatic rings. The number of nitrogens with zero attached hydrogens (tertiary/aromatic N) is 5. The van der Waals surface area contributed by atoms with Crippen molar-refractivity contribution in [3.63, 3.8) is 0 Å². The first kappa shape index (κ1) is 26.8. The molecule has 2 atom stereocenters. The van der Waals surface area contributed by atoms with Gasteiger partial charge in [-0.1, -0.05) is 6.07 Å². The van der Waals surface area contributed by atoms with Gasteiger partial charge in [-0.3, -0.25) is 4.68 Å². The molecule has 1 aromatic carbocycles. The lowest BCUT2D eigenvalue weighted by atomic mass is 9.79. The Morgan fingerprint density at radius 1 is 1.13 bits per heavy atom. The number of aryl methyl sites for hydroxylation is 1. The summed E-state index contributed by atoms with van der Waals surface area (Å²) < 4.78 is 72.8. The van der Waals surface area contributed by atoms with Gasteiger partial charge in [0.15, 0.2) is 5.82 Å². The van der Waals surface area contributed by atoms with E-state index in [0.29, 0.717) is 24.9 Å². The molecule has 1 aliphatic heterocycles. The molecule has 1 N–H and O–H groups in total. The van der Waals surface area contributed by atoms with E-state index in [4.69, 9.17) is 4.74 Å². The van der Waals surface area contributed by atoms with E-state index in [1.165, 1.54) is 11.8 Å². The molecule has 3 heterocycles. The Labute approximate surface area is 219 Å². The molecule has 2 aromatic heterocycles. The first-order chi connectivity index (χ1) is 18.1. The SMILES string of the molecule is Cn1ncc2cc(C3CCC(CO[C@@H]4CN(c5cccnn5)CC[C@@H]4NS(=O)(=O)C(F)(F)F)CC3)ccc21. The van der Waals surface area contributed by atoms with Crippen LogP contribution in [0.2, 0.25) is 0 Å². The van der Waals surface area contributed by atoms with Crippen LogP contribution in [0.25, 0.3) is 10.9 Å². The van der Waals surface area contributed by atoms with E-state index in [1.54, 1.807) is 12.1 Å². The second-order valence-corrected chi connectivity index (χ2v) is 11.9. The lowest BCUT2D eigenvalue weighted by molar-refractivity contribution is -0.0470. The number of ether oxygens (including phenoxy) is 1. The average molecular weight is 553 g/mol. The zero-order chi connectivity index (χ0) is 26.9. The summed E-state index contributed by atoms with van der Waals surface area (Å²) in [5, 5.41) is 13.4. The number of sulfonamides is 1. The van der Waals surface area contributed by atoms with Crippen LogP contribution in [0.3, 0.4) is 0 Å². The van der Waals surface area contributed by atoms with Gasteiger partial charge >= 0.3 is 15.5 Å². The fraction of sp³-hybridized carbons (Fsp3) is 0.560. The van der Waals surface area contributed by atoms with Gasteiger partial charge in [-0.25, -0.2) is 13.1 Å². The summed E-state index contributed by atoms with van der Waals surface area (Å²) in [4.78, 5) is 1.86. The largest absolute Gasteiger partial charge is 0.511 e. The lowest BCUT2D eigenvalue weighted by Crippen LogP contribution is -2.57. The van der Waals surface area contributed by atoms with Gasteiger partial charge in [0.25, 0.3) is 0 Å². The summed E-state index contributed by atoms with van der Waals surface area (Å²) in [6.07, 6.45) is 6.63. The fourth-order valence-electron chi connectivity index (χ4n) is 5.51. The first-order valence-corrected chi connectivity index (χ1v) is 14.2. The minimum absolute atomic E-state index is 0.153. The molecule has 1 saturated heterocycles. The van der Waals surface area contributed by atoms with Crippen LogP contribution in [0.1, 0.15) is 43.6 Å². The highest BCUT2D eigenvalue weighted by Crippen LogP contribution is 2.37. The van der Waals surface area contributed by atoms with E-state index in [0.717, 1.165) is 36.6 Å². The summed E-state index contributed by atoms with van der Waals surface area (Å²) in [5.41, 5.74) is -3.00. The second kappa shape index (κ2) is 10.8. The Hall–Kier alpha value is -2.77. The van der Waals surface area contributed by atoms with Crippen molar-refractivity contribution in [1.29, 1.82) is 0 Å². The standard InChI is InChI=1S/C25H31F3N6O3S/c1-33-22-9-8-19(13-20(22)14-30-33)18-6-4-17(5-7-18)16-37-23-15-34(24-3-2-11-29-31-24)12-10-21(23)32-38(35,36)25(26,27)28/h2-3,8-9,11,13-14,17-18,21,23,32H,4-7,10,12,15-16H2,1H3/t17?,18?,21-,23+/m0/s1. The smallest absolute Gasteiger partial charge is 0.374 e. The van der Waals surface area contributed by atoms with Gasteiger partial charge in [-0.2, -0.15) is 23.4 Å². The number of piperidine rings is 1. The zero-order valence-corrected chi connectivity index (χ0v) is 21.8. The molecule has 1 saturated carbocycles. The van der Waals surface area contributed by atoms with Crippen molar-refractivity contribution in [2.75, 3.05) is 24.6 Å². The summed E-state index contributed by atoms with van der Waals surface area (Å²) in [5.74, 6) is 1.26. The van der Waals surface area contributed by atoms with E-state index < -0.39 is 27.7 Å². The Bertz CT molecular complexity index is 1340. The van der Waals surface area contributed by atoms with Crippen LogP contribution >= 0.6 is 0 Å². The maximum atomic E-state index is 13.1. The molecule has 0 spiro atoms. The van der Waals surface area contributed by atoms with Crippen LogP contribution < -0.4 is 9.62 Å². The van der Waals surface area contributed by atoms with E-state index in [-0.39, 0.29) is 18.9 Å². The van der Waals surface area contributed by atoms with Gasteiger partial charge in [0.1, 0.15) is 0 Å². The van der Waals surface area contributed by atoms with Crippen LogP contribution in [0, 0.1) is 5.92 Å². The molecule has 206 valence electrons. The topological polar surface area (TPSA) is 102 Å². The molecule has 5 rings (SSSR count). The number of aromatic nitrogens is 4. The van der Waals surface area contributed by atoms with Gasteiger partial charge in [0.05, 0.1) is 23.9 Å². The predicted molar refractivity (Wildman–Crippen MR) is 136 cm³/mol. The Kier molecular flexibility index (Phi) is 7.60. The number of hydrogen-bond donors (Lipinski definition) is 1. The fourth-order valence-corrected chi connectivity index (χ4v) is 6.32. The molecule has 38 heavy (non-hydrogen) atoms. The van der Waals surface area contributed by atoms with Crippen LogP contribution in [0.4, 0.5) is 19.0 Å². The van der Waals surface area contributed by atoms with E-state index >= 15 is 0 Å². The van der Waals surface area contributed by atoms with E-state index in [9.17, 15) is 21.6 Å². The minimum atomic E-state index is -5.49. The summed E-state index contributed by atoms with van der Waals surface area (Å²) in [6, 6.07) is 8.95. The van der Waals surface area contributed by atoms with Crippen molar-refractivity contribution in [2.24, 2.45) is 13.0 Å². The molecule has 0 amide bonds. The number of halogens is 3. The monoisotopic (exact) mass is 552 g/mol. The first-order valence-electron chi connectivity index (χ1n) is 12.8. The highest BCUT2D eigenvalue weighted by molar-refractivity contribution is 7.90. The summed E-state index contributed by atoms with van der Waals surface area (Å²) in [7, 11) is -3.57. The van der Waals surface area contributed by atoms with Gasteiger partial charge in [0.2, 0.25) is 0 Å². The number of fused-ring (bicyclic) bond motifs is 1. The van der Waals surface area contributed by atoms with Gasteiger partial charge < -0.3 is 9.64 Å². The van der Waals surface area contributed by atoms with E-state index in [1.807, 2.05) is 27.5 Å². The molecule has 1 aliphatic carbocycles. The molecule has 0 bridgehead atoms. The van der Waals surface area contributed by atoms with E-state index in [2.05, 4.69) is 33.5 Å². The molecule has 0 radical (unpaired) electrons. The van der Waals surface area contributed by atoms with Gasteiger partial charge in [-0.15, -0.1) is 5.10 Å². The molecular weight excluding hydrogens is 521 g/mol. The van der Waals surface area contributed by atoms with Crippen LogP contribution in [-0.2, 0) is 21.8 Å². The third-order valence-corrected chi connectivity index (χ3v) is 8.91. The maximum absolute atomic E-state index is 13.1. The Balaban J connectivity index is 1.21. The zero-order valence-electron chi connectivity index (χ0n) is 21.0. The van der Waals surface area contributed by atoms with Crippen molar-refractivity contribution in [1.82, 2.24) is 24.7 Å². The third-order valence-electron chi connectivity index (χ3n) is 7.69. The number of alkyl halides is 3. The summed E-state index contributed by atoms with van der Waals surface area (Å²) in [6.45, 7) is 0.901. The molecule has 2 fully saturated rings. The van der Waals surface area contributed by atoms with Crippen molar-refractivity contribution >= 4 is 26.7 Å². The minimum Gasteiger partial charge on any atom is -0.374 e. The van der Waals surface area contributed by atoms with Crippen LogP contribution in [0.5, 0.6) is 0 Å². The molecule has 13 heteroatoms. The molecular formula is C25H31F3N6O3S. The van der Waals surface area contributed by atoms with Crippen molar-refractivity contribution < 1.29 is 26.3 Å². The van der Waals surface area contributed by atoms with Crippen molar-refractivity contribution in [3.05, 3.63) is 48.3 Å². The Morgan fingerprint density at radius 2 is 1.92 bits per heavy atom. The number of hydrogen-bond acceptors (Lipinski definition) is 7. The highest BCUT2D eigenvalue weighted by atomic mass is 32.2. The average Bonchev–Trinajstić information content (AvgIpc) is 3.28. The molecule has 0 unspecified atom stereocenters. The highest BCUT2D eigenvalue weighted by Gasteiger charge is 2.48. The third kappa shape index (κ3) is 5.79. The van der Waals surface area contributed by atoms with Crippen molar-refractivity contribution in [3.8, 4) is 0 Å². The second-order valence-electron chi connectivity index (χ2n) is 10.2. The Morgan fingerprint density at radius 3 is 2.63 bits per heavy atom. The quantitative estimate of drug-likeness (QED) is 0.477. The van der Waals surface area contributed by atoms with Gasteiger partial charge in [0, 0.05) is 38.3 Å². The van der Waals surface area contributed by atoms with Gasteiger partial charge in [-0.05, 0) is 73.8 Å². The maximum Gasteiger partial charge on any atom is 0.511 e.